The third-order valence-corrected chi connectivity index (χ3v) is 5.03. The maximum atomic E-state index is 12.6. The Morgan fingerprint density at radius 1 is 1.26 bits per heavy atom. The summed E-state index contributed by atoms with van der Waals surface area (Å²) in [5.74, 6) is 0.819. The number of carbonyl (C=O) groups excluding carboxylic acids is 1. The molecule has 0 radical (unpaired) electrons. The maximum Gasteiger partial charge on any atom is 0.264 e. The topological polar surface area (TPSA) is 42.4 Å². The van der Waals surface area contributed by atoms with Crippen LogP contribution in [0.4, 0.5) is 0 Å². The molecular weight excluding hydrogens is 308 g/mol. The Morgan fingerprint density at radius 3 is 2.87 bits per heavy atom. The van der Waals surface area contributed by atoms with E-state index in [0.717, 1.165) is 26.5 Å². The highest BCUT2D eigenvalue weighted by Crippen LogP contribution is 2.29. The van der Waals surface area contributed by atoms with Gasteiger partial charge in [0.25, 0.3) is 5.91 Å². The highest BCUT2D eigenvalue weighted by molar-refractivity contribution is 7.18. The molecule has 4 rings (SSSR count). The van der Waals surface area contributed by atoms with Crippen molar-refractivity contribution in [3.8, 4) is 5.75 Å². The van der Waals surface area contributed by atoms with Gasteiger partial charge >= 0.3 is 0 Å². The van der Waals surface area contributed by atoms with Crippen molar-refractivity contribution in [2.24, 2.45) is 0 Å². The van der Waals surface area contributed by atoms with E-state index in [4.69, 9.17) is 4.74 Å². The zero-order valence-electron chi connectivity index (χ0n) is 12.7. The summed E-state index contributed by atoms with van der Waals surface area (Å²) in [6.07, 6.45) is 0.214. The molecule has 0 saturated carbocycles. The van der Waals surface area contributed by atoms with Gasteiger partial charge in [-0.3, -0.25) is 4.79 Å². The molecule has 2 aromatic carbocycles. The van der Waals surface area contributed by atoms with E-state index in [1.54, 1.807) is 23.3 Å². The summed E-state index contributed by atoms with van der Waals surface area (Å²) < 4.78 is 6.92. The van der Waals surface area contributed by atoms with Crippen LogP contribution in [0.1, 0.15) is 10.6 Å². The quantitative estimate of drug-likeness (QED) is 0.743. The van der Waals surface area contributed by atoms with Gasteiger partial charge in [-0.1, -0.05) is 30.3 Å². The van der Waals surface area contributed by atoms with Gasteiger partial charge in [0.05, 0.1) is 16.8 Å². The first kappa shape index (κ1) is 14.2. The minimum Gasteiger partial charge on any atom is -0.480 e. The average molecular weight is 324 g/mol. The monoisotopic (exact) mass is 324 g/mol. The number of thiazole rings is 1. The molecule has 0 aliphatic carbocycles. The van der Waals surface area contributed by atoms with Crippen LogP contribution in [0.15, 0.2) is 48.5 Å². The molecule has 1 atom stereocenters. The van der Waals surface area contributed by atoms with Crippen molar-refractivity contribution in [3.63, 3.8) is 0 Å². The summed E-state index contributed by atoms with van der Waals surface area (Å²) in [6.45, 7) is 0.508. The molecule has 0 bridgehead atoms. The standard InChI is InChI=1S/C18H16N2O2S/c1-20(11-17-19-13-7-3-5-9-16(13)23-17)18(21)15-10-12-6-2-4-8-14(12)22-15/h2-9,15H,10-11H2,1H3. The zero-order chi connectivity index (χ0) is 15.8. The van der Waals surface area contributed by atoms with E-state index in [9.17, 15) is 4.79 Å². The zero-order valence-corrected chi connectivity index (χ0v) is 13.5. The van der Waals surface area contributed by atoms with E-state index in [2.05, 4.69) is 11.1 Å². The summed E-state index contributed by atoms with van der Waals surface area (Å²) in [5.41, 5.74) is 2.08. The van der Waals surface area contributed by atoms with Crippen LogP contribution in [0.25, 0.3) is 10.2 Å². The van der Waals surface area contributed by atoms with E-state index in [0.29, 0.717) is 13.0 Å². The van der Waals surface area contributed by atoms with Crippen molar-refractivity contribution < 1.29 is 9.53 Å². The summed E-state index contributed by atoms with van der Waals surface area (Å²) in [7, 11) is 1.81. The molecule has 1 aromatic heterocycles. The van der Waals surface area contributed by atoms with Gasteiger partial charge in [0.2, 0.25) is 0 Å². The Kier molecular flexibility index (Phi) is 3.50. The smallest absolute Gasteiger partial charge is 0.264 e. The fourth-order valence-electron chi connectivity index (χ4n) is 2.83. The van der Waals surface area contributed by atoms with Crippen molar-refractivity contribution in [1.29, 1.82) is 0 Å². The lowest BCUT2D eigenvalue weighted by Gasteiger charge is -2.19. The predicted octanol–water partition coefficient (Wildman–Crippen LogP) is 3.26. The number of rotatable bonds is 3. The molecular formula is C18H16N2O2S. The minimum absolute atomic E-state index is 0.000422. The molecule has 23 heavy (non-hydrogen) atoms. The number of hydrogen-bond acceptors (Lipinski definition) is 4. The molecule has 0 saturated heterocycles. The first-order valence-corrected chi connectivity index (χ1v) is 8.36. The Morgan fingerprint density at radius 2 is 2.04 bits per heavy atom. The number of benzene rings is 2. The third kappa shape index (κ3) is 2.68. The lowest BCUT2D eigenvalue weighted by molar-refractivity contribution is -0.137. The number of nitrogens with zero attached hydrogens (tertiary/aromatic N) is 2. The normalized spacial score (nSPS) is 16.1. The molecule has 0 spiro atoms. The molecule has 1 aliphatic heterocycles. The lowest BCUT2D eigenvalue weighted by atomic mass is 10.1. The van der Waals surface area contributed by atoms with Crippen LogP contribution in [0.3, 0.4) is 0 Å². The largest absolute Gasteiger partial charge is 0.480 e. The summed E-state index contributed by atoms with van der Waals surface area (Å²) in [5, 5.41) is 0.942. The molecule has 1 aliphatic rings. The molecule has 1 amide bonds. The van der Waals surface area contributed by atoms with E-state index >= 15 is 0 Å². The fourth-order valence-corrected chi connectivity index (χ4v) is 3.85. The van der Waals surface area contributed by atoms with Gasteiger partial charge in [0.15, 0.2) is 6.10 Å². The van der Waals surface area contributed by atoms with Crippen molar-refractivity contribution in [1.82, 2.24) is 9.88 Å². The van der Waals surface area contributed by atoms with Gasteiger partial charge in [0, 0.05) is 13.5 Å². The number of para-hydroxylation sites is 2. The molecule has 4 nitrogen and oxygen atoms in total. The number of aromatic nitrogens is 1. The Labute approximate surface area is 138 Å². The number of carbonyl (C=O) groups is 1. The van der Waals surface area contributed by atoms with Crippen LogP contribution in [0, 0.1) is 0 Å². The molecule has 116 valence electrons. The van der Waals surface area contributed by atoms with Gasteiger partial charge in [-0.25, -0.2) is 4.98 Å². The third-order valence-electron chi connectivity index (χ3n) is 4.01. The summed E-state index contributed by atoms with van der Waals surface area (Å²) >= 11 is 1.63. The second-order valence-corrected chi connectivity index (χ2v) is 6.80. The molecule has 0 fully saturated rings. The van der Waals surface area contributed by atoms with Crippen molar-refractivity contribution in [2.75, 3.05) is 7.05 Å². The van der Waals surface area contributed by atoms with Crippen LogP contribution in [-0.4, -0.2) is 28.9 Å². The van der Waals surface area contributed by atoms with Crippen LogP contribution < -0.4 is 4.74 Å². The van der Waals surface area contributed by atoms with Gasteiger partial charge in [0.1, 0.15) is 10.8 Å². The lowest BCUT2D eigenvalue weighted by Crippen LogP contribution is -2.38. The van der Waals surface area contributed by atoms with Crippen molar-refractivity contribution in [2.45, 2.75) is 19.1 Å². The van der Waals surface area contributed by atoms with Gasteiger partial charge in [-0.05, 0) is 23.8 Å². The summed E-state index contributed by atoms with van der Waals surface area (Å²) in [6, 6.07) is 15.8. The van der Waals surface area contributed by atoms with Crippen molar-refractivity contribution in [3.05, 3.63) is 59.1 Å². The molecule has 0 N–H and O–H groups in total. The van der Waals surface area contributed by atoms with Crippen LogP contribution in [-0.2, 0) is 17.8 Å². The first-order chi connectivity index (χ1) is 11.2. The molecule has 3 aromatic rings. The highest BCUT2D eigenvalue weighted by Gasteiger charge is 2.31. The van der Waals surface area contributed by atoms with Crippen LogP contribution in [0.5, 0.6) is 5.75 Å². The number of fused-ring (bicyclic) bond motifs is 2. The van der Waals surface area contributed by atoms with E-state index in [1.807, 2.05) is 42.5 Å². The minimum atomic E-state index is -0.424. The Hall–Kier alpha value is -2.40. The predicted molar refractivity (Wildman–Crippen MR) is 90.7 cm³/mol. The number of amides is 1. The SMILES string of the molecule is CN(Cc1nc2ccccc2s1)C(=O)C1Cc2ccccc2O1. The van der Waals surface area contributed by atoms with Gasteiger partial charge < -0.3 is 9.64 Å². The van der Waals surface area contributed by atoms with Crippen LogP contribution in [0.2, 0.25) is 0 Å². The molecule has 2 heterocycles. The van der Waals surface area contributed by atoms with Crippen LogP contribution >= 0.6 is 11.3 Å². The number of likely N-dealkylation sites (N-methyl/N-ethyl adjacent to an activating group) is 1. The second-order valence-electron chi connectivity index (χ2n) is 5.69. The second kappa shape index (κ2) is 5.66. The maximum absolute atomic E-state index is 12.6. The van der Waals surface area contributed by atoms with Crippen molar-refractivity contribution >= 4 is 27.5 Å². The summed E-state index contributed by atoms with van der Waals surface area (Å²) in [4.78, 5) is 18.9. The first-order valence-electron chi connectivity index (χ1n) is 7.55. The number of ether oxygens (including phenoxy) is 1. The highest BCUT2D eigenvalue weighted by atomic mass is 32.1. The van der Waals surface area contributed by atoms with Gasteiger partial charge in [-0.2, -0.15) is 0 Å². The van der Waals surface area contributed by atoms with E-state index in [1.165, 1.54) is 0 Å². The van der Waals surface area contributed by atoms with E-state index in [-0.39, 0.29) is 5.91 Å². The average Bonchev–Trinajstić information content (AvgIpc) is 3.16. The van der Waals surface area contributed by atoms with E-state index < -0.39 is 6.10 Å². The van der Waals surface area contributed by atoms with Gasteiger partial charge in [-0.15, -0.1) is 11.3 Å². The molecule has 1 unspecified atom stereocenters. The fraction of sp³-hybridized carbons (Fsp3) is 0.222. The molecule has 5 heteroatoms. The Balaban J connectivity index is 1.47. The number of hydrogen-bond donors (Lipinski definition) is 0. The Bertz CT molecular complexity index is 816.